The Bertz CT molecular complexity index is 1880. The van der Waals surface area contributed by atoms with E-state index in [9.17, 15) is 0 Å². The van der Waals surface area contributed by atoms with Crippen molar-refractivity contribution in [3.05, 3.63) is 129 Å². The number of rotatable bonds is 2. The number of nitrogen functional groups attached to an aromatic ring is 2. The predicted molar refractivity (Wildman–Crippen MR) is 162 cm³/mol. The van der Waals surface area contributed by atoms with Crippen LogP contribution in [-0.4, -0.2) is 0 Å². The lowest BCUT2D eigenvalue weighted by Crippen LogP contribution is -2.29. The molecule has 5 aromatic carbocycles. The molecule has 180 valence electrons. The third kappa shape index (κ3) is 3.17. The van der Waals surface area contributed by atoms with Crippen molar-refractivity contribution < 1.29 is 0 Å². The van der Waals surface area contributed by atoms with Gasteiger partial charge in [-0.25, -0.2) is 0 Å². The average Bonchev–Trinajstić information content (AvgIpc) is 3.26. The van der Waals surface area contributed by atoms with Crippen LogP contribution in [0.2, 0.25) is 0 Å². The fraction of sp³-hybridized carbons (Fsp3) is 0.0270. The van der Waals surface area contributed by atoms with Crippen molar-refractivity contribution in [3.8, 4) is 60.5 Å². The van der Waals surface area contributed by atoms with Crippen molar-refractivity contribution in [1.82, 2.24) is 0 Å². The van der Waals surface area contributed by atoms with E-state index < -0.39 is 5.41 Å². The molecule has 39 heavy (non-hydrogen) atoms. The highest BCUT2D eigenvalue weighted by molar-refractivity contribution is 5.96. The maximum absolute atomic E-state index is 6.37. The minimum Gasteiger partial charge on any atom is -0.397 e. The molecule has 1 aliphatic carbocycles. The fourth-order valence-corrected chi connectivity index (χ4v) is 5.97. The Hall–Kier alpha value is -5.80. The van der Waals surface area contributed by atoms with Gasteiger partial charge in [0.1, 0.15) is 0 Å². The third-order valence-corrected chi connectivity index (χ3v) is 7.76. The van der Waals surface area contributed by atoms with Crippen molar-refractivity contribution in [3.63, 3.8) is 0 Å². The second-order valence-electron chi connectivity index (χ2n) is 9.59. The molecule has 4 N–H and O–H groups in total. The van der Waals surface area contributed by atoms with Crippen LogP contribution in [0.1, 0.15) is 44.5 Å². The summed E-state index contributed by atoms with van der Waals surface area (Å²) in [7, 11) is 0. The molecule has 0 radical (unpaired) electrons. The van der Waals surface area contributed by atoms with Gasteiger partial charge in [0, 0.05) is 22.3 Å². The first kappa shape index (κ1) is 23.6. The predicted octanol–water partition coefficient (Wildman–Crippen LogP) is 6.29. The number of nitrogens with two attached hydrogens (primary N) is 2. The van der Waals surface area contributed by atoms with E-state index in [0.717, 1.165) is 44.2 Å². The highest BCUT2D eigenvalue weighted by atomic mass is 14.6. The first-order valence-corrected chi connectivity index (χ1v) is 12.4. The number of fused-ring (bicyclic) bond motifs is 4. The number of terminal acetylenes is 4. The van der Waals surface area contributed by atoms with E-state index in [-0.39, 0.29) is 0 Å². The van der Waals surface area contributed by atoms with Gasteiger partial charge < -0.3 is 11.5 Å². The Labute approximate surface area is 228 Å². The van der Waals surface area contributed by atoms with E-state index >= 15 is 0 Å². The van der Waals surface area contributed by atoms with Crippen molar-refractivity contribution in [1.29, 1.82) is 0 Å². The number of benzene rings is 5. The smallest absolute Gasteiger partial charge is 0.0715 e. The highest BCUT2D eigenvalue weighted by Gasteiger charge is 2.47. The van der Waals surface area contributed by atoms with Gasteiger partial charge in [0.2, 0.25) is 0 Å². The first-order chi connectivity index (χ1) is 19.0. The summed E-state index contributed by atoms with van der Waals surface area (Å²) in [5.41, 5.74) is 20.8. The van der Waals surface area contributed by atoms with Crippen LogP contribution in [0.4, 0.5) is 11.4 Å². The van der Waals surface area contributed by atoms with Crippen LogP contribution in [0, 0.1) is 49.4 Å². The minimum absolute atomic E-state index is 0.398. The lowest BCUT2D eigenvalue weighted by Gasteiger charge is -2.35. The average molecular weight is 495 g/mol. The maximum atomic E-state index is 6.37. The summed E-state index contributed by atoms with van der Waals surface area (Å²) >= 11 is 0. The van der Waals surface area contributed by atoms with Crippen LogP contribution in [-0.2, 0) is 5.41 Å². The van der Waals surface area contributed by atoms with Crippen molar-refractivity contribution >= 4 is 22.1 Å². The molecule has 0 fully saturated rings. The number of anilines is 2. The van der Waals surface area contributed by atoms with Gasteiger partial charge in [0.15, 0.2) is 0 Å². The molecule has 0 saturated carbocycles. The molecule has 0 atom stereocenters. The molecule has 0 amide bonds. The summed E-state index contributed by atoms with van der Waals surface area (Å²) in [4.78, 5) is 0. The third-order valence-electron chi connectivity index (χ3n) is 7.76. The van der Waals surface area contributed by atoms with Gasteiger partial charge in [-0.05, 0) is 80.6 Å². The van der Waals surface area contributed by atoms with Crippen LogP contribution in [0.5, 0.6) is 0 Å². The molecule has 0 unspecified atom stereocenters. The Kier molecular flexibility index (Phi) is 5.23. The van der Waals surface area contributed by atoms with Crippen molar-refractivity contribution in [2.45, 2.75) is 5.41 Å². The monoisotopic (exact) mass is 494 g/mol. The summed E-state index contributed by atoms with van der Waals surface area (Å²) in [5.74, 6) is 10.9. The zero-order chi connectivity index (χ0) is 27.3. The van der Waals surface area contributed by atoms with E-state index in [1.165, 1.54) is 0 Å². The quantitative estimate of drug-likeness (QED) is 0.220. The van der Waals surface area contributed by atoms with E-state index in [4.69, 9.17) is 37.2 Å². The molecule has 0 heterocycles. The van der Waals surface area contributed by atoms with Crippen LogP contribution >= 0.6 is 0 Å². The molecular formula is C37H22N2. The zero-order valence-electron chi connectivity index (χ0n) is 21.0. The molecule has 2 nitrogen and oxygen atoms in total. The molecule has 1 aliphatic rings. The van der Waals surface area contributed by atoms with Gasteiger partial charge in [-0.15, -0.1) is 25.7 Å². The normalized spacial score (nSPS) is 12.4. The molecule has 0 saturated heterocycles. The van der Waals surface area contributed by atoms with Gasteiger partial charge in [-0.3, -0.25) is 0 Å². The molecule has 0 aromatic heterocycles. The Balaban J connectivity index is 1.89. The number of hydrogen-bond donors (Lipinski definition) is 2. The standard InChI is InChI=1S/C37H22N2/c1-5-23-17-29(18-24(6-2)35(23)38)37(30-19-25(7-3)36(39)26(8-4)20-30)33-16-12-11-15-31(33)32-21-27-13-9-10-14-28(27)22-34(32)37/h1-4,9-22H,38-39H2. The van der Waals surface area contributed by atoms with Gasteiger partial charge >= 0.3 is 0 Å². The SMILES string of the molecule is C#Cc1cc(C2(c3cc(C#C)c(N)c(C#C)c3)c3ccccc3-c3cc4ccccc4cc32)cc(C#C)c1N. The summed E-state index contributed by atoms with van der Waals surface area (Å²) in [6.45, 7) is 0. The van der Waals surface area contributed by atoms with E-state index in [0.29, 0.717) is 33.6 Å². The molecular weight excluding hydrogens is 472 g/mol. The van der Waals surface area contributed by atoms with Gasteiger partial charge in [0.05, 0.1) is 16.8 Å². The lowest BCUT2D eigenvalue weighted by atomic mass is 9.66. The highest BCUT2D eigenvalue weighted by Crippen LogP contribution is 2.57. The summed E-state index contributed by atoms with van der Waals surface area (Å²) in [6, 6.07) is 28.9. The maximum Gasteiger partial charge on any atom is 0.0715 e. The van der Waals surface area contributed by atoms with Crippen LogP contribution in [0.3, 0.4) is 0 Å². The van der Waals surface area contributed by atoms with Crippen LogP contribution < -0.4 is 11.5 Å². The fourth-order valence-electron chi connectivity index (χ4n) is 5.97. The zero-order valence-corrected chi connectivity index (χ0v) is 21.0. The minimum atomic E-state index is -0.855. The van der Waals surface area contributed by atoms with Gasteiger partial charge in [-0.1, -0.05) is 72.2 Å². The second kappa shape index (κ2) is 8.65. The van der Waals surface area contributed by atoms with E-state index in [2.05, 4.69) is 60.1 Å². The van der Waals surface area contributed by atoms with E-state index in [1.54, 1.807) is 0 Å². The largest absolute Gasteiger partial charge is 0.397 e. The van der Waals surface area contributed by atoms with Gasteiger partial charge in [0.25, 0.3) is 0 Å². The molecule has 6 rings (SSSR count). The molecule has 2 heteroatoms. The Morgan fingerprint density at radius 1 is 0.487 bits per heavy atom. The second-order valence-corrected chi connectivity index (χ2v) is 9.59. The molecule has 0 aliphatic heterocycles. The van der Waals surface area contributed by atoms with Crippen LogP contribution in [0.15, 0.2) is 84.9 Å². The van der Waals surface area contributed by atoms with Gasteiger partial charge in [-0.2, -0.15) is 0 Å². The van der Waals surface area contributed by atoms with E-state index in [1.807, 2.05) is 48.5 Å². The molecule has 0 spiro atoms. The summed E-state index contributed by atoms with van der Waals surface area (Å²) in [6.07, 6.45) is 23.7. The lowest BCUT2D eigenvalue weighted by molar-refractivity contribution is 0.768. The Morgan fingerprint density at radius 3 is 1.41 bits per heavy atom. The number of hydrogen-bond acceptors (Lipinski definition) is 2. The summed E-state index contributed by atoms with van der Waals surface area (Å²) in [5, 5.41) is 2.24. The molecule has 0 bridgehead atoms. The van der Waals surface area contributed by atoms with Crippen LogP contribution in [0.25, 0.3) is 21.9 Å². The van der Waals surface area contributed by atoms with Crippen molar-refractivity contribution in [2.75, 3.05) is 11.5 Å². The topological polar surface area (TPSA) is 52.0 Å². The van der Waals surface area contributed by atoms with Crippen molar-refractivity contribution in [2.24, 2.45) is 0 Å². The molecule has 5 aromatic rings. The first-order valence-electron chi connectivity index (χ1n) is 12.4. The Morgan fingerprint density at radius 2 is 0.923 bits per heavy atom. The summed E-state index contributed by atoms with van der Waals surface area (Å²) < 4.78 is 0.